The van der Waals surface area contributed by atoms with Crippen LogP contribution in [0, 0.1) is 0 Å². The summed E-state index contributed by atoms with van der Waals surface area (Å²) in [5, 5.41) is 17.2. The van der Waals surface area contributed by atoms with Crippen molar-refractivity contribution >= 4 is 0 Å². The average molecular weight is 313 g/mol. The van der Waals surface area contributed by atoms with Crippen LogP contribution in [0.2, 0.25) is 0 Å². The highest BCUT2D eigenvalue weighted by Gasteiger charge is 2.30. The van der Waals surface area contributed by atoms with Crippen molar-refractivity contribution in [2.75, 3.05) is 0 Å². The standard InChI is InChI=1S/C15H18F3N3O/c1-2-3-4-9-21-14(13(10-22)19-20-21)11-5-7-12(8-6-11)15(16,17)18/h5-8,22H,2-4,9-10H2,1H3. The van der Waals surface area contributed by atoms with E-state index in [2.05, 4.69) is 17.2 Å². The molecule has 0 aliphatic carbocycles. The number of benzene rings is 1. The third kappa shape index (κ3) is 3.65. The van der Waals surface area contributed by atoms with Crippen molar-refractivity contribution in [3.05, 3.63) is 35.5 Å². The van der Waals surface area contributed by atoms with E-state index in [1.807, 2.05) is 0 Å². The molecule has 1 heterocycles. The molecule has 4 nitrogen and oxygen atoms in total. The molecule has 0 unspecified atom stereocenters. The lowest BCUT2D eigenvalue weighted by atomic mass is 10.1. The van der Waals surface area contributed by atoms with Crippen molar-refractivity contribution in [2.45, 2.75) is 45.5 Å². The summed E-state index contributed by atoms with van der Waals surface area (Å²) >= 11 is 0. The summed E-state index contributed by atoms with van der Waals surface area (Å²) in [7, 11) is 0. The molecule has 0 radical (unpaired) electrons. The van der Waals surface area contributed by atoms with Gasteiger partial charge in [0.15, 0.2) is 0 Å². The van der Waals surface area contributed by atoms with Crippen molar-refractivity contribution in [2.24, 2.45) is 0 Å². The summed E-state index contributed by atoms with van der Waals surface area (Å²) in [6.45, 7) is 2.40. The van der Waals surface area contributed by atoms with E-state index in [0.29, 0.717) is 23.5 Å². The van der Waals surface area contributed by atoms with Gasteiger partial charge in [-0.1, -0.05) is 37.1 Å². The molecule has 0 aliphatic heterocycles. The first-order valence-corrected chi connectivity index (χ1v) is 7.18. The first-order valence-electron chi connectivity index (χ1n) is 7.18. The van der Waals surface area contributed by atoms with E-state index in [1.54, 1.807) is 4.68 Å². The normalized spacial score (nSPS) is 11.9. The van der Waals surface area contributed by atoms with E-state index in [-0.39, 0.29) is 6.61 Å². The number of aryl methyl sites for hydroxylation is 1. The molecule has 1 aromatic heterocycles. The van der Waals surface area contributed by atoms with Gasteiger partial charge in [-0.3, -0.25) is 0 Å². The Bertz CT molecular complexity index is 605. The Balaban J connectivity index is 2.32. The van der Waals surface area contributed by atoms with Gasteiger partial charge in [0.2, 0.25) is 0 Å². The van der Waals surface area contributed by atoms with Crippen LogP contribution in [0.1, 0.15) is 37.4 Å². The topological polar surface area (TPSA) is 50.9 Å². The van der Waals surface area contributed by atoms with Crippen LogP contribution in [0.5, 0.6) is 0 Å². The van der Waals surface area contributed by atoms with Gasteiger partial charge in [0.1, 0.15) is 5.69 Å². The van der Waals surface area contributed by atoms with Gasteiger partial charge in [0, 0.05) is 12.1 Å². The van der Waals surface area contributed by atoms with Crippen LogP contribution in [-0.4, -0.2) is 20.1 Å². The second-order valence-corrected chi connectivity index (χ2v) is 5.05. The molecule has 2 aromatic rings. The largest absolute Gasteiger partial charge is 0.416 e. The van der Waals surface area contributed by atoms with Crippen LogP contribution >= 0.6 is 0 Å². The summed E-state index contributed by atoms with van der Waals surface area (Å²) in [5.74, 6) is 0. The van der Waals surface area contributed by atoms with Crippen molar-refractivity contribution in [1.82, 2.24) is 15.0 Å². The summed E-state index contributed by atoms with van der Waals surface area (Å²) in [6, 6.07) is 4.83. The van der Waals surface area contributed by atoms with Crippen LogP contribution in [0.4, 0.5) is 13.2 Å². The zero-order valence-corrected chi connectivity index (χ0v) is 12.3. The number of hydrogen-bond donors (Lipinski definition) is 1. The van der Waals surface area contributed by atoms with Gasteiger partial charge in [0.05, 0.1) is 17.9 Å². The smallest absolute Gasteiger partial charge is 0.390 e. The Labute approximate surface area is 126 Å². The van der Waals surface area contributed by atoms with Crippen LogP contribution in [-0.2, 0) is 19.3 Å². The van der Waals surface area contributed by atoms with E-state index in [4.69, 9.17) is 0 Å². The van der Waals surface area contributed by atoms with Gasteiger partial charge in [0.25, 0.3) is 0 Å². The first kappa shape index (κ1) is 16.5. The zero-order valence-electron chi connectivity index (χ0n) is 12.3. The molecule has 1 aromatic carbocycles. The summed E-state index contributed by atoms with van der Waals surface area (Å²) in [6.07, 6.45) is -1.38. The molecule has 0 aliphatic rings. The number of alkyl halides is 3. The van der Waals surface area contributed by atoms with Crippen LogP contribution in [0.25, 0.3) is 11.3 Å². The second kappa shape index (κ2) is 6.91. The van der Waals surface area contributed by atoms with Crippen molar-refractivity contribution in [1.29, 1.82) is 0 Å². The molecule has 22 heavy (non-hydrogen) atoms. The predicted molar refractivity (Wildman–Crippen MR) is 75.9 cm³/mol. The third-order valence-corrected chi connectivity index (χ3v) is 3.41. The first-order chi connectivity index (χ1) is 10.5. The quantitative estimate of drug-likeness (QED) is 0.828. The minimum Gasteiger partial charge on any atom is -0.390 e. The number of aliphatic hydroxyl groups excluding tert-OH is 1. The van der Waals surface area contributed by atoms with Gasteiger partial charge in [-0.15, -0.1) is 5.10 Å². The van der Waals surface area contributed by atoms with Crippen molar-refractivity contribution in [3.8, 4) is 11.3 Å². The maximum atomic E-state index is 12.6. The fourth-order valence-electron chi connectivity index (χ4n) is 2.26. The Morgan fingerprint density at radius 2 is 1.82 bits per heavy atom. The lowest BCUT2D eigenvalue weighted by molar-refractivity contribution is -0.137. The molecule has 0 fully saturated rings. The van der Waals surface area contributed by atoms with E-state index in [0.717, 1.165) is 31.4 Å². The molecular formula is C15H18F3N3O. The van der Waals surface area contributed by atoms with E-state index in [1.165, 1.54) is 12.1 Å². The van der Waals surface area contributed by atoms with Gasteiger partial charge >= 0.3 is 6.18 Å². The molecule has 1 N–H and O–H groups in total. The Morgan fingerprint density at radius 1 is 1.14 bits per heavy atom. The van der Waals surface area contributed by atoms with Crippen molar-refractivity contribution < 1.29 is 18.3 Å². The minimum absolute atomic E-state index is 0.301. The molecular weight excluding hydrogens is 295 g/mol. The number of halogens is 3. The molecule has 7 heteroatoms. The monoisotopic (exact) mass is 313 g/mol. The summed E-state index contributed by atoms with van der Waals surface area (Å²) in [5.41, 5.74) is 0.814. The summed E-state index contributed by atoms with van der Waals surface area (Å²) < 4.78 is 39.5. The van der Waals surface area contributed by atoms with Gasteiger partial charge in [-0.25, -0.2) is 4.68 Å². The highest BCUT2D eigenvalue weighted by Crippen LogP contribution is 2.31. The number of hydrogen-bond acceptors (Lipinski definition) is 3. The Morgan fingerprint density at radius 3 is 2.36 bits per heavy atom. The second-order valence-electron chi connectivity index (χ2n) is 5.05. The maximum absolute atomic E-state index is 12.6. The average Bonchev–Trinajstić information content (AvgIpc) is 2.90. The molecule has 0 saturated heterocycles. The molecule has 0 spiro atoms. The number of aromatic nitrogens is 3. The number of rotatable bonds is 6. The zero-order chi connectivity index (χ0) is 16.2. The van der Waals surface area contributed by atoms with Crippen LogP contribution in [0.15, 0.2) is 24.3 Å². The van der Waals surface area contributed by atoms with E-state index >= 15 is 0 Å². The molecule has 0 amide bonds. The SMILES string of the molecule is CCCCCn1nnc(CO)c1-c1ccc(C(F)(F)F)cc1. The Kier molecular flexibility index (Phi) is 5.18. The molecule has 0 atom stereocenters. The number of aliphatic hydroxyl groups is 1. The maximum Gasteiger partial charge on any atom is 0.416 e. The van der Waals surface area contributed by atoms with Gasteiger partial charge < -0.3 is 5.11 Å². The lowest BCUT2D eigenvalue weighted by Crippen LogP contribution is -2.06. The number of nitrogens with zero attached hydrogens (tertiary/aromatic N) is 3. The molecule has 2 rings (SSSR count). The predicted octanol–water partition coefficient (Wildman–Crippen LogP) is 3.65. The molecule has 0 saturated carbocycles. The van der Waals surface area contributed by atoms with Crippen molar-refractivity contribution in [3.63, 3.8) is 0 Å². The highest BCUT2D eigenvalue weighted by atomic mass is 19.4. The number of unbranched alkanes of at least 4 members (excludes halogenated alkanes) is 2. The van der Waals surface area contributed by atoms with Gasteiger partial charge in [-0.05, 0) is 18.6 Å². The van der Waals surface area contributed by atoms with Gasteiger partial charge in [-0.2, -0.15) is 13.2 Å². The minimum atomic E-state index is -4.36. The highest BCUT2D eigenvalue weighted by molar-refractivity contribution is 5.62. The van der Waals surface area contributed by atoms with Crippen LogP contribution in [0.3, 0.4) is 0 Å². The summed E-state index contributed by atoms with van der Waals surface area (Å²) in [4.78, 5) is 0. The fraction of sp³-hybridized carbons (Fsp3) is 0.467. The Hall–Kier alpha value is -1.89. The van der Waals surface area contributed by atoms with Crippen LogP contribution < -0.4 is 0 Å². The third-order valence-electron chi connectivity index (χ3n) is 3.41. The molecule has 120 valence electrons. The van der Waals surface area contributed by atoms with E-state index < -0.39 is 11.7 Å². The molecule has 0 bridgehead atoms. The van der Waals surface area contributed by atoms with E-state index in [9.17, 15) is 18.3 Å². The fourth-order valence-corrected chi connectivity index (χ4v) is 2.26. The lowest BCUT2D eigenvalue weighted by Gasteiger charge is -2.10.